The summed E-state index contributed by atoms with van der Waals surface area (Å²) in [4.78, 5) is 38.3. The Labute approximate surface area is 477 Å². The molecular formula is C71H122O6. The van der Waals surface area contributed by atoms with E-state index in [-0.39, 0.29) is 31.1 Å². The van der Waals surface area contributed by atoms with Crippen molar-refractivity contribution in [1.29, 1.82) is 0 Å². The Morgan fingerprint density at radius 2 is 0.506 bits per heavy atom. The highest BCUT2D eigenvalue weighted by molar-refractivity contribution is 5.71. The lowest BCUT2D eigenvalue weighted by atomic mass is 10.0. The van der Waals surface area contributed by atoms with E-state index >= 15 is 0 Å². The van der Waals surface area contributed by atoms with Gasteiger partial charge >= 0.3 is 17.9 Å². The molecule has 0 aromatic heterocycles. The number of unbranched alkanes of at least 4 members (excludes halogenated alkanes) is 32. The zero-order valence-electron chi connectivity index (χ0n) is 50.7. The molecule has 1 unspecified atom stereocenters. The van der Waals surface area contributed by atoms with E-state index in [0.717, 1.165) is 116 Å². The molecule has 0 aromatic rings. The topological polar surface area (TPSA) is 78.9 Å². The predicted octanol–water partition coefficient (Wildman–Crippen LogP) is 22.4. The Balaban J connectivity index is 4.25. The lowest BCUT2D eigenvalue weighted by Gasteiger charge is -2.18. The van der Waals surface area contributed by atoms with Crippen molar-refractivity contribution in [1.82, 2.24) is 0 Å². The Hall–Kier alpha value is -3.67. The lowest BCUT2D eigenvalue weighted by Crippen LogP contribution is -2.30. The molecular weight excluding hydrogens is 949 g/mol. The van der Waals surface area contributed by atoms with Crippen LogP contribution in [-0.2, 0) is 28.6 Å². The van der Waals surface area contributed by atoms with Crippen LogP contribution in [0.25, 0.3) is 0 Å². The summed E-state index contributed by atoms with van der Waals surface area (Å²) in [6.45, 7) is 6.44. The highest BCUT2D eigenvalue weighted by atomic mass is 16.6. The van der Waals surface area contributed by atoms with E-state index < -0.39 is 6.10 Å². The first-order valence-corrected chi connectivity index (χ1v) is 32.7. The number of hydrogen-bond acceptors (Lipinski definition) is 6. The van der Waals surface area contributed by atoms with E-state index in [0.29, 0.717) is 19.3 Å². The summed E-state index contributed by atoms with van der Waals surface area (Å²) in [6, 6.07) is 0. The number of esters is 3. The first kappa shape index (κ1) is 73.3. The first-order valence-electron chi connectivity index (χ1n) is 32.7. The molecule has 0 spiro atoms. The van der Waals surface area contributed by atoms with Crippen molar-refractivity contribution in [2.45, 2.75) is 322 Å². The molecule has 1 atom stereocenters. The van der Waals surface area contributed by atoms with E-state index in [2.05, 4.69) is 118 Å². The Morgan fingerprint density at radius 3 is 0.792 bits per heavy atom. The van der Waals surface area contributed by atoms with Gasteiger partial charge in [-0.3, -0.25) is 14.4 Å². The van der Waals surface area contributed by atoms with Gasteiger partial charge in [0.25, 0.3) is 0 Å². The standard InChI is InChI=1S/C71H122O6/c1-4-7-10-13-16-19-22-25-27-29-30-31-32-33-34-35-36-37-38-39-40-42-43-46-49-52-55-58-61-64-70(73)76-67-68(66-75-69(72)63-60-57-54-51-48-45-24-21-18-15-12-9-6-3)77-71(74)65-62-59-56-53-50-47-44-41-28-26-23-20-17-14-11-8-5-2/h7-8,10-11,16-17,19-20,25-28,30-31,33-34,68H,4-6,9,12-15,18,21-24,29,32,35-67H2,1-3H3/b10-7-,11-8-,19-16-,20-17-,27-25-,28-26-,31-30-,34-33-. The molecule has 0 saturated carbocycles. The van der Waals surface area contributed by atoms with Crippen LogP contribution >= 0.6 is 0 Å². The second-order valence-corrected chi connectivity index (χ2v) is 21.6. The molecule has 0 radical (unpaired) electrons. The van der Waals surface area contributed by atoms with Crippen molar-refractivity contribution in [3.63, 3.8) is 0 Å². The smallest absolute Gasteiger partial charge is 0.306 e. The maximum Gasteiger partial charge on any atom is 0.306 e. The summed E-state index contributed by atoms with van der Waals surface area (Å²) in [5, 5.41) is 0. The van der Waals surface area contributed by atoms with Crippen molar-refractivity contribution in [2.75, 3.05) is 13.2 Å². The molecule has 0 aromatic carbocycles. The van der Waals surface area contributed by atoms with Gasteiger partial charge in [-0.05, 0) is 96.3 Å². The van der Waals surface area contributed by atoms with Gasteiger partial charge in [0.1, 0.15) is 13.2 Å². The highest BCUT2D eigenvalue weighted by Gasteiger charge is 2.19. The average Bonchev–Trinajstić information content (AvgIpc) is 3.43. The van der Waals surface area contributed by atoms with E-state index in [1.165, 1.54) is 161 Å². The van der Waals surface area contributed by atoms with Gasteiger partial charge in [0.15, 0.2) is 6.10 Å². The lowest BCUT2D eigenvalue weighted by molar-refractivity contribution is -0.167. The van der Waals surface area contributed by atoms with Crippen molar-refractivity contribution in [3.8, 4) is 0 Å². The number of hydrogen-bond donors (Lipinski definition) is 0. The third-order valence-corrected chi connectivity index (χ3v) is 14.1. The summed E-state index contributed by atoms with van der Waals surface area (Å²) in [5.74, 6) is -0.877. The molecule has 0 aliphatic heterocycles. The summed E-state index contributed by atoms with van der Waals surface area (Å²) >= 11 is 0. The minimum atomic E-state index is -0.782. The number of ether oxygens (including phenoxy) is 3. The van der Waals surface area contributed by atoms with E-state index in [9.17, 15) is 14.4 Å². The maximum atomic E-state index is 12.9. The zero-order chi connectivity index (χ0) is 55.7. The molecule has 0 rings (SSSR count). The molecule has 77 heavy (non-hydrogen) atoms. The SMILES string of the molecule is CC/C=C\C/C=C\C/C=C\C/C=C\C/C=C\CCCCCCCCCCCCCCCC(=O)OCC(COC(=O)CCCCCCCCCCCCCCC)OC(=O)CCCCCCCCC/C=C\C/C=C\C/C=C\CC. The highest BCUT2D eigenvalue weighted by Crippen LogP contribution is 2.17. The Morgan fingerprint density at radius 1 is 0.273 bits per heavy atom. The number of allylic oxidation sites excluding steroid dienone is 16. The fourth-order valence-corrected chi connectivity index (χ4v) is 9.25. The molecule has 442 valence electrons. The van der Waals surface area contributed by atoms with Crippen LogP contribution in [0.3, 0.4) is 0 Å². The van der Waals surface area contributed by atoms with Gasteiger partial charge in [-0.1, -0.05) is 298 Å². The van der Waals surface area contributed by atoms with Gasteiger partial charge in [0.05, 0.1) is 0 Å². The molecule has 0 fully saturated rings. The number of carbonyl (C=O) groups is 3. The second-order valence-electron chi connectivity index (χ2n) is 21.6. The van der Waals surface area contributed by atoms with Crippen molar-refractivity contribution in [3.05, 3.63) is 97.2 Å². The van der Waals surface area contributed by atoms with Crippen LogP contribution in [-0.4, -0.2) is 37.2 Å². The number of carbonyl (C=O) groups excluding carboxylic acids is 3. The van der Waals surface area contributed by atoms with Crippen LogP contribution in [0.5, 0.6) is 0 Å². The summed E-state index contributed by atoms with van der Waals surface area (Å²) in [7, 11) is 0. The van der Waals surface area contributed by atoms with Crippen molar-refractivity contribution >= 4 is 17.9 Å². The van der Waals surface area contributed by atoms with Gasteiger partial charge in [0, 0.05) is 19.3 Å². The van der Waals surface area contributed by atoms with Crippen LogP contribution < -0.4 is 0 Å². The molecule has 0 heterocycles. The molecule has 0 aliphatic rings. The Kier molecular flexibility index (Phi) is 61.8. The summed E-state index contributed by atoms with van der Waals surface area (Å²) in [6.07, 6.45) is 87.0. The van der Waals surface area contributed by atoms with E-state index in [4.69, 9.17) is 14.2 Å². The quantitative estimate of drug-likeness (QED) is 0.0261. The fourth-order valence-electron chi connectivity index (χ4n) is 9.25. The molecule has 0 bridgehead atoms. The summed E-state index contributed by atoms with van der Waals surface area (Å²) < 4.78 is 16.9. The van der Waals surface area contributed by atoms with Crippen LogP contribution in [0.2, 0.25) is 0 Å². The second kappa shape index (κ2) is 64.9. The van der Waals surface area contributed by atoms with Crippen LogP contribution in [0, 0.1) is 0 Å². The fraction of sp³-hybridized carbons (Fsp3) is 0.732. The van der Waals surface area contributed by atoms with Gasteiger partial charge in [-0.2, -0.15) is 0 Å². The Bertz CT molecular complexity index is 1510. The van der Waals surface area contributed by atoms with Gasteiger partial charge in [-0.25, -0.2) is 0 Å². The third kappa shape index (κ3) is 63.0. The molecule has 0 amide bonds. The minimum absolute atomic E-state index is 0.0781. The molecule has 0 aliphatic carbocycles. The monoisotopic (exact) mass is 1070 g/mol. The van der Waals surface area contributed by atoms with Gasteiger partial charge < -0.3 is 14.2 Å². The summed E-state index contributed by atoms with van der Waals surface area (Å²) in [5.41, 5.74) is 0. The first-order chi connectivity index (χ1) is 38.0. The zero-order valence-corrected chi connectivity index (χ0v) is 50.7. The number of rotatable bonds is 59. The minimum Gasteiger partial charge on any atom is -0.462 e. The van der Waals surface area contributed by atoms with Gasteiger partial charge in [0.2, 0.25) is 0 Å². The van der Waals surface area contributed by atoms with Crippen molar-refractivity contribution < 1.29 is 28.6 Å². The largest absolute Gasteiger partial charge is 0.462 e. The van der Waals surface area contributed by atoms with Gasteiger partial charge in [-0.15, -0.1) is 0 Å². The third-order valence-electron chi connectivity index (χ3n) is 14.1. The predicted molar refractivity (Wildman–Crippen MR) is 334 cm³/mol. The normalized spacial score (nSPS) is 12.7. The van der Waals surface area contributed by atoms with Crippen LogP contribution in [0.15, 0.2) is 97.2 Å². The molecule has 0 saturated heterocycles. The van der Waals surface area contributed by atoms with E-state index in [1.807, 2.05) is 0 Å². The molecule has 0 N–H and O–H groups in total. The van der Waals surface area contributed by atoms with Crippen LogP contribution in [0.4, 0.5) is 0 Å². The van der Waals surface area contributed by atoms with Crippen LogP contribution in [0.1, 0.15) is 316 Å². The molecule has 6 nitrogen and oxygen atoms in total. The molecule has 6 heteroatoms. The maximum absolute atomic E-state index is 12.9. The average molecular weight is 1070 g/mol. The van der Waals surface area contributed by atoms with E-state index in [1.54, 1.807) is 0 Å². The van der Waals surface area contributed by atoms with Crippen molar-refractivity contribution in [2.24, 2.45) is 0 Å².